The number of carbonyl (C=O) groups is 2. The molecule has 0 aliphatic rings. The van der Waals surface area contributed by atoms with Gasteiger partial charge in [0.2, 0.25) is 5.91 Å². The highest BCUT2D eigenvalue weighted by Gasteiger charge is 2.16. The summed E-state index contributed by atoms with van der Waals surface area (Å²) in [7, 11) is 0. The van der Waals surface area contributed by atoms with Gasteiger partial charge < -0.3 is 20.1 Å². The lowest BCUT2D eigenvalue weighted by Gasteiger charge is -2.17. The number of benzene rings is 2. The average molecular weight is 394 g/mol. The number of hydrogen-bond donors (Lipinski definition) is 2. The Kier molecular flexibility index (Phi) is 8.51. The zero-order chi connectivity index (χ0) is 21.1. The monoisotopic (exact) mass is 394 g/mol. The quantitative estimate of drug-likeness (QED) is 0.473. The molecular weight excluding hydrogens is 368 g/mol. The van der Waals surface area contributed by atoms with E-state index in [1.165, 1.54) is 6.08 Å². The lowest BCUT2D eigenvalue weighted by atomic mass is 10.2. The molecule has 6 heteroatoms. The van der Waals surface area contributed by atoms with Crippen molar-refractivity contribution in [2.75, 3.05) is 23.8 Å². The van der Waals surface area contributed by atoms with Crippen LogP contribution in [0.1, 0.15) is 31.1 Å². The van der Waals surface area contributed by atoms with Crippen LogP contribution >= 0.6 is 0 Å². The van der Waals surface area contributed by atoms with E-state index in [9.17, 15) is 9.59 Å². The zero-order valence-corrected chi connectivity index (χ0v) is 16.9. The highest BCUT2D eigenvalue weighted by atomic mass is 16.5. The average Bonchev–Trinajstić information content (AvgIpc) is 2.72. The summed E-state index contributed by atoms with van der Waals surface area (Å²) in [5.74, 6) is 0.313. The van der Waals surface area contributed by atoms with Crippen LogP contribution in [-0.4, -0.2) is 25.0 Å². The molecule has 0 saturated carbocycles. The Morgan fingerprint density at radius 3 is 2.03 bits per heavy atom. The molecule has 152 valence electrons. The van der Waals surface area contributed by atoms with Crippen LogP contribution in [0.4, 0.5) is 11.4 Å². The van der Waals surface area contributed by atoms with E-state index in [2.05, 4.69) is 10.6 Å². The van der Waals surface area contributed by atoms with Gasteiger partial charge in [-0.25, -0.2) is 0 Å². The number of ether oxygens (including phenoxy) is 2. The van der Waals surface area contributed by atoms with Crippen molar-refractivity contribution in [2.45, 2.75) is 20.8 Å². The predicted octanol–water partition coefficient (Wildman–Crippen LogP) is 4.81. The molecule has 2 aromatic carbocycles. The molecule has 0 unspecified atom stereocenters. The first-order chi connectivity index (χ1) is 14.1. The predicted molar refractivity (Wildman–Crippen MR) is 116 cm³/mol. The van der Waals surface area contributed by atoms with Crippen LogP contribution in [0.5, 0.6) is 11.5 Å². The summed E-state index contributed by atoms with van der Waals surface area (Å²) < 4.78 is 11.3. The van der Waals surface area contributed by atoms with Crippen molar-refractivity contribution >= 4 is 23.2 Å². The lowest BCUT2D eigenvalue weighted by molar-refractivity contribution is -0.111. The smallest absolute Gasteiger partial charge is 0.255 e. The second kappa shape index (κ2) is 11.3. The maximum absolute atomic E-state index is 12.6. The summed E-state index contributed by atoms with van der Waals surface area (Å²) in [4.78, 5) is 24.7. The molecular formula is C23H26N2O4. The number of rotatable bonds is 9. The van der Waals surface area contributed by atoms with Gasteiger partial charge in [-0.1, -0.05) is 36.4 Å². The van der Waals surface area contributed by atoms with Crippen molar-refractivity contribution < 1.29 is 19.1 Å². The molecule has 0 radical (unpaired) electrons. The van der Waals surface area contributed by atoms with Crippen molar-refractivity contribution in [3.63, 3.8) is 0 Å². The second-order valence-electron chi connectivity index (χ2n) is 5.90. The molecule has 2 rings (SSSR count). The third-order valence-corrected chi connectivity index (χ3v) is 3.77. The molecule has 0 aliphatic carbocycles. The van der Waals surface area contributed by atoms with Gasteiger partial charge in [-0.15, -0.1) is 0 Å². The third kappa shape index (κ3) is 6.53. The first kappa shape index (κ1) is 21.8. The van der Waals surface area contributed by atoms with E-state index < -0.39 is 0 Å². The Bertz CT molecular complexity index is 889. The Hall–Kier alpha value is -3.54. The molecule has 6 nitrogen and oxygen atoms in total. The summed E-state index contributed by atoms with van der Waals surface area (Å²) in [5, 5.41) is 5.64. The summed E-state index contributed by atoms with van der Waals surface area (Å²) in [6.45, 7) is 6.36. The van der Waals surface area contributed by atoms with Crippen molar-refractivity contribution in [1.29, 1.82) is 0 Å². The number of hydrogen-bond acceptors (Lipinski definition) is 4. The SMILES string of the molecule is C/C=C/C=C\C(=O)Nc1cc(OCC)c(NC(=O)c2ccccc2)cc1OCC. The van der Waals surface area contributed by atoms with Crippen molar-refractivity contribution in [1.82, 2.24) is 0 Å². The number of carbonyl (C=O) groups excluding carboxylic acids is 2. The molecule has 0 bridgehead atoms. The van der Waals surface area contributed by atoms with Crippen LogP contribution in [0.15, 0.2) is 66.8 Å². The van der Waals surface area contributed by atoms with Crippen LogP contribution in [0, 0.1) is 0 Å². The fourth-order valence-corrected chi connectivity index (χ4v) is 2.52. The molecule has 0 spiro atoms. The second-order valence-corrected chi connectivity index (χ2v) is 5.90. The van der Waals surface area contributed by atoms with Crippen LogP contribution in [0.25, 0.3) is 0 Å². The Labute approximate surface area is 171 Å². The molecule has 0 aromatic heterocycles. The van der Waals surface area contributed by atoms with E-state index in [4.69, 9.17) is 9.47 Å². The van der Waals surface area contributed by atoms with Gasteiger partial charge in [0, 0.05) is 23.8 Å². The van der Waals surface area contributed by atoms with Gasteiger partial charge in [0.15, 0.2) is 0 Å². The third-order valence-electron chi connectivity index (χ3n) is 3.77. The lowest BCUT2D eigenvalue weighted by Crippen LogP contribution is -2.14. The van der Waals surface area contributed by atoms with E-state index >= 15 is 0 Å². The van der Waals surface area contributed by atoms with Gasteiger partial charge >= 0.3 is 0 Å². The minimum Gasteiger partial charge on any atom is -0.492 e. The van der Waals surface area contributed by atoms with Gasteiger partial charge in [-0.05, 0) is 32.9 Å². The molecule has 0 aliphatic heterocycles. The Balaban J connectivity index is 2.34. The maximum atomic E-state index is 12.6. The Morgan fingerprint density at radius 1 is 0.897 bits per heavy atom. The number of allylic oxidation sites excluding steroid dienone is 3. The molecule has 0 atom stereocenters. The van der Waals surface area contributed by atoms with Crippen molar-refractivity contribution in [3.8, 4) is 11.5 Å². The number of amides is 2. The van der Waals surface area contributed by atoms with Gasteiger partial charge in [0.1, 0.15) is 11.5 Å². The highest BCUT2D eigenvalue weighted by Crippen LogP contribution is 2.37. The topological polar surface area (TPSA) is 76.7 Å². The van der Waals surface area contributed by atoms with E-state index in [1.807, 2.05) is 32.9 Å². The minimum atomic E-state index is -0.299. The fraction of sp³-hybridized carbons (Fsp3) is 0.217. The maximum Gasteiger partial charge on any atom is 0.255 e. The van der Waals surface area contributed by atoms with Gasteiger partial charge in [-0.3, -0.25) is 9.59 Å². The normalized spacial score (nSPS) is 10.9. The van der Waals surface area contributed by atoms with Crippen LogP contribution in [-0.2, 0) is 4.79 Å². The molecule has 2 N–H and O–H groups in total. The van der Waals surface area contributed by atoms with Gasteiger partial charge in [-0.2, -0.15) is 0 Å². The highest BCUT2D eigenvalue weighted by molar-refractivity contribution is 6.06. The fourth-order valence-electron chi connectivity index (χ4n) is 2.52. The first-order valence-electron chi connectivity index (χ1n) is 9.49. The number of nitrogens with one attached hydrogen (secondary N) is 2. The molecule has 29 heavy (non-hydrogen) atoms. The first-order valence-corrected chi connectivity index (χ1v) is 9.49. The molecule has 2 amide bonds. The molecule has 0 heterocycles. The van der Waals surface area contributed by atoms with E-state index in [0.29, 0.717) is 41.7 Å². The largest absolute Gasteiger partial charge is 0.492 e. The standard InChI is InChI=1S/C23H26N2O4/c1-4-7-9-14-22(26)24-18-15-21(29-6-3)19(16-20(18)28-5-2)25-23(27)17-12-10-8-11-13-17/h4,7-16H,5-6H2,1-3H3,(H,24,26)(H,25,27)/b7-4+,14-9-. The summed E-state index contributed by atoms with van der Waals surface area (Å²) in [6, 6.07) is 12.2. The van der Waals surface area contributed by atoms with Crippen LogP contribution < -0.4 is 20.1 Å². The molecule has 2 aromatic rings. The van der Waals surface area contributed by atoms with Gasteiger partial charge in [0.05, 0.1) is 24.6 Å². The van der Waals surface area contributed by atoms with Crippen molar-refractivity contribution in [3.05, 3.63) is 72.3 Å². The summed E-state index contributed by atoms with van der Waals surface area (Å²) in [5.41, 5.74) is 1.45. The van der Waals surface area contributed by atoms with E-state index in [-0.39, 0.29) is 11.8 Å². The molecule has 0 fully saturated rings. The summed E-state index contributed by atoms with van der Waals surface area (Å²) in [6.07, 6.45) is 6.65. The van der Waals surface area contributed by atoms with Crippen LogP contribution in [0.2, 0.25) is 0 Å². The van der Waals surface area contributed by atoms with Crippen LogP contribution in [0.3, 0.4) is 0 Å². The minimum absolute atomic E-state index is 0.264. The Morgan fingerprint density at radius 2 is 1.48 bits per heavy atom. The summed E-state index contributed by atoms with van der Waals surface area (Å²) >= 11 is 0. The molecule has 0 saturated heterocycles. The van der Waals surface area contributed by atoms with Crippen molar-refractivity contribution in [2.24, 2.45) is 0 Å². The van der Waals surface area contributed by atoms with Gasteiger partial charge in [0.25, 0.3) is 5.91 Å². The van der Waals surface area contributed by atoms with E-state index in [0.717, 1.165) is 0 Å². The zero-order valence-electron chi connectivity index (χ0n) is 16.9. The van der Waals surface area contributed by atoms with E-state index in [1.54, 1.807) is 48.6 Å². The number of anilines is 2.